The lowest BCUT2D eigenvalue weighted by atomic mass is 10.3. The Morgan fingerprint density at radius 1 is 1.07 bits per heavy atom. The summed E-state index contributed by atoms with van der Waals surface area (Å²) in [6.07, 6.45) is 0. The summed E-state index contributed by atoms with van der Waals surface area (Å²) < 4.78 is 7.41. The van der Waals surface area contributed by atoms with Crippen molar-refractivity contribution in [3.63, 3.8) is 0 Å². The normalized spacial score (nSPS) is 15.1. The SMILES string of the molecule is O=C(c1nc2ccccc2s1)N(CCN1CCOCC1)c1nc2ccc(Cl)cc2s1. The number of thiazole rings is 2. The van der Waals surface area contributed by atoms with E-state index >= 15 is 0 Å². The van der Waals surface area contributed by atoms with Crippen LogP contribution in [-0.4, -0.2) is 60.2 Å². The van der Waals surface area contributed by atoms with Gasteiger partial charge < -0.3 is 4.74 Å². The van der Waals surface area contributed by atoms with Crippen LogP contribution in [0.25, 0.3) is 20.4 Å². The first-order valence-corrected chi connectivity index (χ1v) is 11.7. The largest absolute Gasteiger partial charge is 0.379 e. The van der Waals surface area contributed by atoms with Crippen molar-refractivity contribution in [1.82, 2.24) is 14.9 Å². The molecule has 30 heavy (non-hydrogen) atoms. The van der Waals surface area contributed by atoms with Crippen LogP contribution in [-0.2, 0) is 4.74 Å². The number of carbonyl (C=O) groups excluding carboxylic acids is 1. The Hall–Kier alpha value is -2.10. The first-order chi connectivity index (χ1) is 14.7. The van der Waals surface area contributed by atoms with Gasteiger partial charge in [-0.2, -0.15) is 0 Å². The van der Waals surface area contributed by atoms with Gasteiger partial charge >= 0.3 is 0 Å². The monoisotopic (exact) mass is 458 g/mol. The minimum absolute atomic E-state index is 0.116. The van der Waals surface area contributed by atoms with Gasteiger partial charge in [0.15, 0.2) is 10.1 Å². The van der Waals surface area contributed by atoms with Gasteiger partial charge in [0.2, 0.25) is 0 Å². The van der Waals surface area contributed by atoms with E-state index in [1.54, 1.807) is 4.90 Å². The molecule has 0 N–H and O–H groups in total. The number of rotatable bonds is 5. The van der Waals surface area contributed by atoms with E-state index in [4.69, 9.17) is 21.3 Å². The van der Waals surface area contributed by atoms with Crippen molar-refractivity contribution in [2.24, 2.45) is 0 Å². The van der Waals surface area contributed by atoms with E-state index in [1.807, 2.05) is 42.5 Å². The first kappa shape index (κ1) is 19.8. The number of anilines is 1. The van der Waals surface area contributed by atoms with Crippen LogP contribution in [0.2, 0.25) is 5.02 Å². The Morgan fingerprint density at radius 2 is 1.87 bits per heavy atom. The fourth-order valence-electron chi connectivity index (χ4n) is 3.43. The highest BCUT2D eigenvalue weighted by atomic mass is 35.5. The van der Waals surface area contributed by atoms with Gasteiger partial charge in [-0.05, 0) is 30.3 Å². The molecule has 1 aliphatic rings. The maximum Gasteiger partial charge on any atom is 0.289 e. The van der Waals surface area contributed by atoms with Crippen LogP contribution in [0, 0.1) is 0 Å². The van der Waals surface area contributed by atoms with Gasteiger partial charge in [0.25, 0.3) is 5.91 Å². The van der Waals surface area contributed by atoms with Gasteiger partial charge in [-0.1, -0.05) is 35.1 Å². The summed E-state index contributed by atoms with van der Waals surface area (Å²) in [5.74, 6) is -0.116. The number of carbonyl (C=O) groups is 1. The second-order valence-corrected chi connectivity index (χ2v) is 9.48. The van der Waals surface area contributed by atoms with Gasteiger partial charge in [0.05, 0.1) is 33.6 Å². The number of halogens is 1. The average molecular weight is 459 g/mol. The van der Waals surface area contributed by atoms with Gasteiger partial charge in [-0.15, -0.1) is 11.3 Å². The van der Waals surface area contributed by atoms with E-state index in [-0.39, 0.29) is 5.91 Å². The predicted octanol–water partition coefficient (Wildman–Crippen LogP) is 4.54. The molecule has 1 saturated heterocycles. The summed E-state index contributed by atoms with van der Waals surface area (Å²) in [5.41, 5.74) is 1.68. The Morgan fingerprint density at radius 3 is 2.70 bits per heavy atom. The Labute approximate surface area is 186 Å². The van der Waals surface area contributed by atoms with Crippen molar-refractivity contribution in [2.45, 2.75) is 0 Å². The number of nitrogens with zero attached hydrogens (tertiary/aromatic N) is 4. The lowest BCUT2D eigenvalue weighted by Crippen LogP contribution is -2.43. The molecule has 5 rings (SSSR count). The third-order valence-electron chi connectivity index (χ3n) is 5.04. The second kappa shape index (κ2) is 8.56. The van der Waals surface area contributed by atoms with Crippen LogP contribution in [0.5, 0.6) is 0 Å². The van der Waals surface area contributed by atoms with E-state index in [1.165, 1.54) is 22.7 Å². The molecule has 0 saturated carbocycles. The zero-order chi connectivity index (χ0) is 20.5. The molecule has 0 bridgehead atoms. The topological polar surface area (TPSA) is 58.6 Å². The van der Waals surface area contributed by atoms with Crippen molar-refractivity contribution in [2.75, 3.05) is 44.3 Å². The lowest BCUT2D eigenvalue weighted by Gasteiger charge is -2.28. The molecule has 1 fully saturated rings. The molecule has 0 spiro atoms. The molecule has 1 amide bonds. The van der Waals surface area contributed by atoms with Crippen molar-refractivity contribution in [3.8, 4) is 0 Å². The fraction of sp³-hybridized carbons (Fsp3) is 0.286. The van der Waals surface area contributed by atoms with E-state index in [9.17, 15) is 4.79 Å². The van der Waals surface area contributed by atoms with Crippen LogP contribution in [0.4, 0.5) is 5.13 Å². The third kappa shape index (κ3) is 4.06. The molecule has 0 unspecified atom stereocenters. The zero-order valence-electron chi connectivity index (χ0n) is 16.1. The summed E-state index contributed by atoms with van der Waals surface area (Å²) in [6, 6.07) is 13.4. The molecular weight excluding hydrogens is 440 g/mol. The van der Waals surface area contributed by atoms with Crippen molar-refractivity contribution in [3.05, 3.63) is 52.5 Å². The molecule has 0 atom stereocenters. The molecule has 1 aliphatic heterocycles. The number of ether oxygens (including phenoxy) is 1. The zero-order valence-corrected chi connectivity index (χ0v) is 18.5. The molecular formula is C21H19ClN4O2S2. The van der Waals surface area contributed by atoms with Gasteiger partial charge in [-0.3, -0.25) is 14.6 Å². The summed E-state index contributed by atoms with van der Waals surface area (Å²) in [4.78, 5) is 26.9. The molecule has 6 nitrogen and oxygen atoms in total. The first-order valence-electron chi connectivity index (χ1n) is 9.71. The highest BCUT2D eigenvalue weighted by molar-refractivity contribution is 7.23. The van der Waals surface area contributed by atoms with E-state index < -0.39 is 0 Å². The Balaban J connectivity index is 1.47. The molecule has 0 aliphatic carbocycles. The minimum Gasteiger partial charge on any atom is -0.379 e. The fourth-order valence-corrected chi connectivity index (χ4v) is 5.61. The third-order valence-corrected chi connectivity index (χ3v) is 7.34. The van der Waals surface area contributed by atoms with Gasteiger partial charge in [0, 0.05) is 31.2 Å². The quantitative estimate of drug-likeness (QED) is 0.439. The van der Waals surface area contributed by atoms with Gasteiger partial charge in [0.1, 0.15) is 0 Å². The lowest BCUT2D eigenvalue weighted by molar-refractivity contribution is 0.0391. The van der Waals surface area contributed by atoms with Gasteiger partial charge in [-0.25, -0.2) is 9.97 Å². The van der Waals surface area contributed by atoms with E-state index in [2.05, 4.69) is 9.88 Å². The summed E-state index contributed by atoms with van der Waals surface area (Å²) in [5, 5.41) is 1.82. The van der Waals surface area contributed by atoms with Crippen LogP contribution in [0.15, 0.2) is 42.5 Å². The van der Waals surface area contributed by atoms with Crippen LogP contribution in [0.3, 0.4) is 0 Å². The van der Waals surface area contributed by atoms with E-state index in [0.29, 0.717) is 21.7 Å². The Bertz CT molecular complexity index is 1170. The van der Waals surface area contributed by atoms with Crippen molar-refractivity contribution >= 4 is 65.7 Å². The number of fused-ring (bicyclic) bond motifs is 2. The number of para-hydroxylation sites is 1. The second-order valence-electron chi connectivity index (χ2n) is 7.01. The van der Waals surface area contributed by atoms with Crippen LogP contribution >= 0.6 is 34.3 Å². The maximum absolute atomic E-state index is 13.5. The highest BCUT2D eigenvalue weighted by Crippen LogP contribution is 2.32. The maximum atomic E-state index is 13.5. The molecule has 0 radical (unpaired) electrons. The highest BCUT2D eigenvalue weighted by Gasteiger charge is 2.25. The molecule has 4 aromatic rings. The van der Waals surface area contributed by atoms with Crippen LogP contribution < -0.4 is 4.90 Å². The number of hydrogen-bond acceptors (Lipinski definition) is 7. The molecule has 9 heteroatoms. The standard InChI is InChI=1S/C21H19ClN4O2S2/c22-14-5-6-16-18(13-14)30-21(24-16)26(8-7-25-9-11-28-12-10-25)20(27)19-23-15-3-1-2-4-17(15)29-19/h1-6,13H,7-12H2. The molecule has 154 valence electrons. The summed E-state index contributed by atoms with van der Waals surface area (Å²) >= 11 is 9.04. The van der Waals surface area contributed by atoms with Crippen molar-refractivity contribution < 1.29 is 9.53 Å². The smallest absolute Gasteiger partial charge is 0.289 e. The number of morpholine rings is 1. The minimum atomic E-state index is -0.116. The number of hydrogen-bond donors (Lipinski definition) is 0. The molecule has 2 aromatic carbocycles. The molecule has 2 aromatic heterocycles. The van der Waals surface area contributed by atoms with Crippen LogP contribution in [0.1, 0.15) is 9.80 Å². The van der Waals surface area contributed by atoms with E-state index in [0.717, 1.165) is 53.3 Å². The average Bonchev–Trinajstić information content (AvgIpc) is 3.38. The Kier molecular flexibility index (Phi) is 5.66. The number of amides is 1. The summed E-state index contributed by atoms with van der Waals surface area (Å²) in [7, 11) is 0. The summed E-state index contributed by atoms with van der Waals surface area (Å²) in [6.45, 7) is 4.51. The van der Waals surface area contributed by atoms with Crippen molar-refractivity contribution in [1.29, 1.82) is 0 Å². The molecule has 3 heterocycles. The number of benzene rings is 2. The number of aromatic nitrogens is 2. The predicted molar refractivity (Wildman–Crippen MR) is 123 cm³/mol.